The highest BCUT2D eigenvalue weighted by molar-refractivity contribution is 6.10. The molecule has 0 bridgehead atoms. The number of rotatable bonds is 5. The zero-order valence-electron chi connectivity index (χ0n) is 19.4. The Balaban J connectivity index is 1.25. The zero-order valence-corrected chi connectivity index (χ0v) is 19.4. The molecule has 0 fully saturated rings. The van der Waals surface area contributed by atoms with E-state index in [-0.39, 0.29) is 5.82 Å². The van der Waals surface area contributed by atoms with Gasteiger partial charge in [0.05, 0.1) is 29.5 Å². The molecular weight excluding hydrogens is 449 g/mol. The second-order valence-electron chi connectivity index (χ2n) is 9.03. The molecule has 7 rings (SSSR count). The number of halogens is 1. The summed E-state index contributed by atoms with van der Waals surface area (Å²) in [6.07, 6.45) is 3.78. The summed E-state index contributed by atoms with van der Waals surface area (Å²) >= 11 is 0. The smallest absolute Gasteiger partial charge is 0.150 e. The quantitative estimate of drug-likeness (QED) is 0.284. The van der Waals surface area contributed by atoms with E-state index >= 15 is 0 Å². The van der Waals surface area contributed by atoms with Gasteiger partial charge in [0.1, 0.15) is 5.82 Å². The van der Waals surface area contributed by atoms with Gasteiger partial charge < -0.3 is 14.9 Å². The van der Waals surface area contributed by atoms with Gasteiger partial charge in [-0.25, -0.2) is 9.37 Å². The van der Waals surface area contributed by atoms with Crippen LogP contribution >= 0.6 is 0 Å². The summed E-state index contributed by atoms with van der Waals surface area (Å²) in [6, 6.07) is 27.5. The van der Waals surface area contributed by atoms with Gasteiger partial charge in [-0.1, -0.05) is 48.5 Å². The van der Waals surface area contributed by atoms with Gasteiger partial charge in [0.25, 0.3) is 0 Å². The van der Waals surface area contributed by atoms with Gasteiger partial charge in [-0.15, -0.1) is 0 Å². The zero-order chi connectivity index (χ0) is 24.1. The van der Waals surface area contributed by atoms with E-state index in [9.17, 15) is 4.39 Å². The van der Waals surface area contributed by atoms with E-state index in [2.05, 4.69) is 62.3 Å². The lowest BCUT2D eigenvalue weighted by atomic mass is 10.1. The third kappa shape index (κ3) is 3.38. The molecule has 7 aromatic rings. The molecule has 0 amide bonds. The summed E-state index contributed by atoms with van der Waals surface area (Å²) in [6.45, 7) is 1.20. The maximum Gasteiger partial charge on any atom is 0.150 e. The molecule has 0 aliphatic rings. The average Bonchev–Trinajstić information content (AvgIpc) is 3.45. The number of fused-ring (bicyclic) bond motifs is 6. The maximum absolute atomic E-state index is 13.4. The number of hydrogen-bond donors (Lipinski definition) is 2. The molecule has 0 saturated carbocycles. The molecule has 4 heterocycles. The average molecular weight is 472 g/mol. The number of benzene rings is 3. The Hall–Kier alpha value is -4.71. The van der Waals surface area contributed by atoms with Crippen LogP contribution in [-0.2, 0) is 13.1 Å². The standard InChI is InChI=1S/C30H22FN5/c31-20-11-9-19(10-12-20)18-36-27-8-4-2-6-23(27)25-15-21(33-17-28(25)36)16-34-30-29-24(13-14-32-30)22-5-1-3-7-26(22)35-29/h1-15,17,35H,16,18H2,(H,32,34). The molecule has 0 spiro atoms. The third-order valence-corrected chi connectivity index (χ3v) is 6.83. The Labute approximate surface area is 206 Å². The lowest BCUT2D eigenvalue weighted by molar-refractivity contribution is 0.626. The molecule has 4 aromatic heterocycles. The molecule has 2 N–H and O–H groups in total. The fraction of sp³-hybridized carbons (Fsp3) is 0.0667. The molecule has 0 aliphatic carbocycles. The van der Waals surface area contributed by atoms with Crippen LogP contribution in [0, 0.1) is 5.82 Å². The first-order valence-electron chi connectivity index (χ1n) is 11.9. The highest BCUT2D eigenvalue weighted by atomic mass is 19.1. The monoisotopic (exact) mass is 471 g/mol. The lowest BCUT2D eigenvalue weighted by Crippen LogP contribution is -2.04. The third-order valence-electron chi connectivity index (χ3n) is 6.83. The molecule has 0 saturated heterocycles. The van der Waals surface area contributed by atoms with E-state index in [0.717, 1.165) is 49.9 Å². The van der Waals surface area contributed by atoms with Gasteiger partial charge in [0, 0.05) is 45.3 Å². The summed E-state index contributed by atoms with van der Waals surface area (Å²) in [5, 5.41) is 8.14. The number of pyridine rings is 2. The number of aromatic amines is 1. The van der Waals surface area contributed by atoms with Crippen molar-refractivity contribution in [3.63, 3.8) is 0 Å². The first kappa shape index (κ1) is 20.6. The molecule has 3 aromatic carbocycles. The molecule has 36 heavy (non-hydrogen) atoms. The molecular formula is C30H22FN5. The summed E-state index contributed by atoms with van der Waals surface area (Å²) in [5.41, 5.74) is 6.26. The number of aromatic nitrogens is 4. The van der Waals surface area contributed by atoms with Crippen LogP contribution in [0.3, 0.4) is 0 Å². The lowest BCUT2D eigenvalue weighted by Gasteiger charge is -2.09. The first-order chi connectivity index (χ1) is 17.7. The van der Waals surface area contributed by atoms with E-state index in [1.807, 2.05) is 42.7 Å². The van der Waals surface area contributed by atoms with Gasteiger partial charge in [0.2, 0.25) is 0 Å². The second kappa shape index (κ2) is 8.20. The number of nitrogens with zero attached hydrogens (tertiary/aromatic N) is 3. The minimum absolute atomic E-state index is 0.225. The van der Waals surface area contributed by atoms with Crippen LogP contribution in [0.4, 0.5) is 10.2 Å². The Bertz CT molecular complexity index is 1880. The van der Waals surface area contributed by atoms with Crippen molar-refractivity contribution in [2.75, 3.05) is 5.32 Å². The fourth-order valence-corrected chi connectivity index (χ4v) is 5.11. The molecule has 0 radical (unpaired) electrons. The van der Waals surface area contributed by atoms with Crippen LogP contribution in [-0.4, -0.2) is 19.5 Å². The van der Waals surface area contributed by atoms with E-state index in [0.29, 0.717) is 13.1 Å². The molecule has 174 valence electrons. The van der Waals surface area contributed by atoms with Crippen LogP contribution in [0.25, 0.3) is 43.6 Å². The molecule has 0 unspecified atom stereocenters. The minimum atomic E-state index is -0.225. The van der Waals surface area contributed by atoms with Gasteiger partial charge in [-0.2, -0.15) is 0 Å². The van der Waals surface area contributed by atoms with Gasteiger partial charge >= 0.3 is 0 Å². The van der Waals surface area contributed by atoms with Crippen LogP contribution in [0.5, 0.6) is 0 Å². The van der Waals surface area contributed by atoms with Crippen molar-refractivity contribution in [2.45, 2.75) is 13.1 Å². The van der Waals surface area contributed by atoms with Crippen LogP contribution in [0.15, 0.2) is 97.3 Å². The van der Waals surface area contributed by atoms with Crippen molar-refractivity contribution < 1.29 is 4.39 Å². The number of anilines is 1. The summed E-state index contributed by atoms with van der Waals surface area (Å²) in [7, 11) is 0. The summed E-state index contributed by atoms with van der Waals surface area (Å²) < 4.78 is 15.7. The van der Waals surface area contributed by atoms with Gasteiger partial charge in [-0.3, -0.25) is 4.98 Å². The highest BCUT2D eigenvalue weighted by Gasteiger charge is 2.13. The van der Waals surface area contributed by atoms with Gasteiger partial charge in [0.15, 0.2) is 5.82 Å². The van der Waals surface area contributed by atoms with Crippen molar-refractivity contribution in [2.24, 2.45) is 0 Å². The van der Waals surface area contributed by atoms with E-state index < -0.39 is 0 Å². The van der Waals surface area contributed by atoms with Crippen LogP contribution < -0.4 is 5.32 Å². The number of para-hydroxylation sites is 2. The van der Waals surface area contributed by atoms with Gasteiger partial charge in [-0.05, 0) is 42.0 Å². The topological polar surface area (TPSA) is 58.5 Å². The highest BCUT2D eigenvalue weighted by Crippen LogP contribution is 2.31. The molecule has 5 nitrogen and oxygen atoms in total. The van der Waals surface area contributed by atoms with Crippen LogP contribution in [0.1, 0.15) is 11.3 Å². The van der Waals surface area contributed by atoms with Crippen molar-refractivity contribution in [3.05, 3.63) is 114 Å². The van der Waals surface area contributed by atoms with Crippen molar-refractivity contribution >= 4 is 49.4 Å². The fourth-order valence-electron chi connectivity index (χ4n) is 5.11. The predicted octanol–water partition coefficient (Wildman–Crippen LogP) is 7.02. The first-order valence-corrected chi connectivity index (χ1v) is 11.9. The Kier molecular flexibility index (Phi) is 4.70. The van der Waals surface area contributed by atoms with E-state index in [1.54, 1.807) is 0 Å². The Morgan fingerprint density at radius 2 is 1.58 bits per heavy atom. The van der Waals surface area contributed by atoms with Crippen LogP contribution in [0.2, 0.25) is 0 Å². The van der Waals surface area contributed by atoms with Crippen molar-refractivity contribution in [3.8, 4) is 0 Å². The molecule has 6 heteroatoms. The predicted molar refractivity (Wildman–Crippen MR) is 144 cm³/mol. The number of H-pyrrole nitrogens is 1. The maximum atomic E-state index is 13.4. The SMILES string of the molecule is Fc1ccc(Cn2c3ccccc3c3cc(CNc4nccc5c4[nH]c4ccccc45)ncc32)cc1. The number of nitrogens with one attached hydrogen (secondary N) is 2. The van der Waals surface area contributed by atoms with Crippen molar-refractivity contribution in [1.82, 2.24) is 19.5 Å². The number of hydrogen-bond acceptors (Lipinski definition) is 3. The second-order valence-corrected chi connectivity index (χ2v) is 9.03. The summed E-state index contributed by atoms with van der Waals surface area (Å²) in [5.74, 6) is 0.585. The molecule has 0 aliphatic heterocycles. The minimum Gasteiger partial charge on any atom is -0.363 e. The Morgan fingerprint density at radius 3 is 2.47 bits per heavy atom. The largest absolute Gasteiger partial charge is 0.363 e. The van der Waals surface area contributed by atoms with Crippen molar-refractivity contribution in [1.29, 1.82) is 0 Å². The van der Waals surface area contributed by atoms with E-state index in [1.165, 1.54) is 22.9 Å². The van der Waals surface area contributed by atoms with E-state index in [4.69, 9.17) is 4.98 Å². The normalized spacial score (nSPS) is 11.7. The molecule has 0 atom stereocenters. The summed E-state index contributed by atoms with van der Waals surface area (Å²) in [4.78, 5) is 12.9. The Morgan fingerprint density at radius 1 is 0.778 bits per heavy atom.